The van der Waals surface area contributed by atoms with Crippen LogP contribution in [0, 0.1) is 3.57 Å². The summed E-state index contributed by atoms with van der Waals surface area (Å²) >= 11 is 3.65. The van der Waals surface area contributed by atoms with Gasteiger partial charge in [-0.1, -0.05) is 18.2 Å². The predicted molar refractivity (Wildman–Crippen MR) is 110 cm³/mol. The molecule has 1 N–H and O–H groups in total. The number of carbonyl (C=O) groups is 2. The summed E-state index contributed by atoms with van der Waals surface area (Å²) in [5.41, 5.74) is 1.37. The lowest BCUT2D eigenvalue weighted by Crippen LogP contribution is -2.29. The van der Waals surface area contributed by atoms with Crippen molar-refractivity contribution in [2.24, 2.45) is 0 Å². The van der Waals surface area contributed by atoms with E-state index in [9.17, 15) is 9.59 Å². The zero-order chi connectivity index (χ0) is 17.6. The number of likely N-dealkylation sites (tertiary alicyclic amines) is 1. The number of nitrogens with one attached hydrogen (secondary N) is 1. The van der Waals surface area contributed by atoms with E-state index in [1.165, 1.54) is 11.8 Å². The van der Waals surface area contributed by atoms with E-state index in [1.807, 2.05) is 47.4 Å². The Morgan fingerprint density at radius 2 is 1.84 bits per heavy atom. The molecule has 1 aliphatic heterocycles. The van der Waals surface area contributed by atoms with Crippen LogP contribution in [-0.2, 0) is 4.79 Å². The van der Waals surface area contributed by atoms with Gasteiger partial charge >= 0.3 is 0 Å². The van der Waals surface area contributed by atoms with E-state index in [4.69, 9.17) is 0 Å². The minimum absolute atomic E-state index is 0.148. The average molecular weight is 466 g/mol. The van der Waals surface area contributed by atoms with Crippen molar-refractivity contribution >= 4 is 51.9 Å². The van der Waals surface area contributed by atoms with Gasteiger partial charge in [0.05, 0.1) is 11.3 Å². The summed E-state index contributed by atoms with van der Waals surface area (Å²) in [5.74, 6) is 0.363. The zero-order valence-electron chi connectivity index (χ0n) is 13.7. The molecule has 0 aromatic heterocycles. The van der Waals surface area contributed by atoms with Gasteiger partial charge in [-0.15, -0.1) is 11.8 Å². The number of hydrogen-bond acceptors (Lipinski definition) is 3. The Morgan fingerprint density at radius 1 is 1.08 bits per heavy atom. The lowest BCUT2D eigenvalue weighted by atomic mass is 10.2. The molecular weight excluding hydrogens is 447 g/mol. The number of benzene rings is 2. The van der Waals surface area contributed by atoms with Gasteiger partial charge in [0.15, 0.2) is 0 Å². The molecule has 0 saturated carbocycles. The van der Waals surface area contributed by atoms with E-state index in [0.29, 0.717) is 11.3 Å². The van der Waals surface area contributed by atoms with Crippen molar-refractivity contribution in [1.82, 2.24) is 4.90 Å². The molecule has 2 amide bonds. The monoisotopic (exact) mass is 466 g/mol. The first kappa shape index (κ1) is 18.3. The molecule has 0 bridgehead atoms. The molecule has 3 rings (SSSR count). The van der Waals surface area contributed by atoms with Crippen LogP contribution < -0.4 is 5.32 Å². The molecule has 0 aliphatic carbocycles. The Kier molecular flexibility index (Phi) is 6.36. The van der Waals surface area contributed by atoms with Crippen molar-refractivity contribution < 1.29 is 9.59 Å². The third-order valence-electron chi connectivity index (χ3n) is 4.02. The minimum Gasteiger partial charge on any atom is -0.342 e. The van der Waals surface area contributed by atoms with Crippen LogP contribution in [0.2, 0.25) is 0 Å². The summed E-state index contributed by atoms with van der Waals surface area (Å²) in [5, 5.41) is 2.93. The normalized spacial score (nSPS) is 13.7. The number of hydrogen-bond donors (Lipinski definition) is 1. The number of amides is 2. The van der Waals surface area contributed by atoms with Crippen molar-refractivity contribution in [3.63, 3.8) is 0 Å². The first-order valence-corrected chi connectivity index (χ1v) is 10.3. The lowest BCUT2D eigenvalue weighted by Gasteiger charge is -2.15. The first-order chi connectivity index (χ1) is 12.1. The van der Waals surface area contributed by atoms with E-state index in [-0.39, 0.29) is 11.8 Å². The first-order valence-electron chi connectivity index (χ1n) is 8.20. The Hall–Kier alpha value is -1.54. The van der Waals surface area contributed by atoms with Gasteiger partial charge in [0.25, 0.3) is 5.91 Å². The van der Waals surface area contributed by atoms with Crippen molar-refractivity contribution in [2.75, 3.05) is 24.2 Å². The fraction of sp³-hybridized carbons (Fsp3) is 0.263. The van der Waals surface area contributed by atoms with Gasteiger partial charge in [-0.3, -0.25) is 9.59 Å². The third kappa shape index (κ3) is 4.98. The minimum atomic E-state index is -0.154. The van der Waals surface area contributed by atoms with Crippen LogP contribution in [0.15, 0.2) is 53.4 Å². The second-order valence-electron chi connectivity index (χ2n) is 5.84. The maximum Gasteiger partial charge on any atom is 0.256 e. The van der Waals surface area contributed by atoms with Gasteiger partial charge in [-0.05, 0) is 65.8 Å². The molecule has 0 atom stereocenters. The van der Waals surface area contributed by atoms with E-state index < -0.39 is 0 Å². The Labute approximate surface area is 165 Å². The van der Waals surface area contributed by atoms with E-state index >= 15 is 0 Å². The van der Waals surface area contributed by atoms with E-state index in [0.717, 1.165) is 40.1 Å². The fourth-order valence-electron chi connectivity index (χ4n) is 2.74. The standard InChI is InChI=1S/C19H19IN2O2S/c20-14-6-5-7-15(12-14)21-19(24)16-8-1-2-9-17(16)25-13-18(23)22-10-3-4-11-22/h1-2,5-9,12H,3-4,10-11,13H2,(H,21,24). The number of nitrogens with zero attached hydrogens (tertiary/aromatic N) is 1. The second kappa shape index (κ2) is 8.71. The molecule has 6 heteroatoms. The maximum absolute atomic E-state index is 12.6. The van der Waals surface area contributed by atoms with Crippen molar-refractivity contribution in [1.29, 1.82) is 0 Å². The van der Waals surface area contributed by atoms with Crippen LogP contribution in [0.25, 0.3) is 0 Å². The largest absolute Gasteiger partial charge is 0.342 e. The van der Waals surface area contributed by atoms with Gasteiger partial charge < -0.3 is 10.2 Å². The topological polar surface area (TPSA) is 49.4 Å². The number of carbonyl (C=O) groups excluding carboxylic acids is 2. The molecule has 1 heterocycles. The molecule has 2 aromatic rings. The summed E-state index contributed by atoms with van der Waals surface area (Å²) in [4.78, 5) is 27.6. The molecule has 1 fully saturated rings. The highest BCUT2D eigenvalue weighted by atomic mass is 127. The average Bonchev–Trinajstić information content (AvgIpc) is 3.14. The fourth-order valence-corrected chi connectivity index (χ4v) is 4.24. The number of anilines is 1. The Morgan fingerprint density at radius 3 is 2.60 bits per heavy atom. The summed E-state index contributed by atoms with van der Waals surface area (Å²) < 4.78 is 1.06. The zero-order valence-corrected chi connectivity index (χ0v) is 16.7. The molecule has 2 aromatic carbocycles. The molecular formula is C19H19IN2O2S. The van der Waals surface area contributed by atoms with Crippen LogP contribution in [0.1, 0.15) is 23.2 Å². The molecule has 130 valence electrons. The van der Waals surface area contributed by atoms with Crippen molar-refractivity contribution in [2.45, 2.75) is 17.7 Å². The van der Waals surface area contributed by atoms with Crippen LogP contribution in [0.3, 0.4) is 0 Å². The van der Waals surface area contributed by atoms with E-state index in [1.54, 1.807) is 6.07 Å². The van der Waals surface area contributed by atoms with Gasteiger partial charge in [0, 0.05) is 27.2 Å². The SMILES string of the molecule is O=C(Nc1cccc(I)c1)c1ccccc1SCC(=O)N1CCCC1. The molecule has 25 heavy (non-hydrogen) atoms. The van der Waals surface area contributed by atoms with Crippen LogP contribution >= 0.6 is 34.4 Å². The lowest BCUT2D eigenvalue weighted by molar-refractivity contribution is -0.127. The van der Waals surface area contributed by atoms with Gasteiger partial charge in [0.2, 0.25) is 5.91 Å². The van der Waals surface area contributed by atoms with Crippen LogP contribution in [0.4, 0.5) is 5.69 Å². The molecule has 1 saturated heterocycles. The summed E-state index contributed by atoms with van der Waals surface area (Å²) in [6, 6.07) is 15.1. The highest BCUT2D eigenvalue weighted by Crippen LogP contribution is 2.25. The molecule has 1 aliphatic rings. The summed E-state index contributed by atoms with van der Waals surface area (Å²) in [6.07, 6.45) is 2.18. The van der Waals surface area contributed by atoms with Crippen LogP contribution in [0.5, 0.6) is 0 Å². The summed E-state index contributed by atoms with van der Waals surface area (Å²) in [7, 11) is 0. The van der Waals surface area contributed by atoms with Gasteiger partial charge in [-0.25, -0.2) is 0 Å². The van der Waals surface area contributed by atoms with Crippen molar-refractivity contribution in [3.05, 3.63) is 57.7 Å². The van der Waals surface area contributed by atoms with Gasteiger partial charge in [-0.2, -0.15) is 0 Å². The molecule has 0 spiro atoms. The summed E-state index contributed by atoms with van der Waals surface area (Å²) in [6.45, 7) is 1.71. The Balaban J connectivity index is 1.67. The second-order valence-corrected chi connectivity index (χ2v) is 8.10. The smallest absolute Gasteiger partial charge is 0.256 e. The number of rotatable bonds is 5. The van der Waals surface area contributed by atoms with Gasteiger partial charge in [0.1, 0.15) is 0 Å². The third-order valence-corrected chi connectivity index (χ3v) is 5.75. The quantitative estimate of drug-likeness (QED) is 0.530. The van der Waals surface area contributed by atoms with Crippen molar-refractivity contribution in [3.8, 4) is 0 Å². The maximum atomic E-state index is 12.6. The Bertz CT molecular complexity index is 776. The molecule has 0 radical (unpaired) electrons. The number of halogens is 1. The van der Waals surface area contributed by atoms with Crippen LogP contribution in [-0.4, -0.2) is 35.6 Å². The highest BCUT2D eigenvalue weighted by Gasteiger charge is 2.19. The highest BCUT2D eigenvalue weighted by molar-refractivity contribution is 14.1. The number of thioether (sulfide) groups is 1. The predicted octanol–water partition coefficient (Wildman–Crippen LogP) is 4.26. The molecule has 4 nitrogen and oxygen atoms in total. The molecule has 0 unspecified atom stereocenters. The van der Waals surface area contributed by atoms with E-state index in [2.05, 4.69) is 27.9 Å².